The fraction of sp³-hybridized carbons (Fsp3) is 0.400. The van der Waals surface area contributed by atoms with Gasteiger partial charge in [0.15, 0.2) is 10.7 Å². The Morgan fingerprint density at radius 2 is 2.28 bits per heavy atom. The van der Waals surface area contributed by atoms with Gasteiger partial charge < -0.3 is 4.74 Å². The molecule has 3 heteroatoms. The van der Waals surface area contributed by atoms with E-state index in [4.69, 9.17) is 4.74 Å². The second kappa shape index (κ2) is 4.81. The van der Waals surface area contributed by atoms with Crippen molar-refractivity contribution in [2.45, 2.75) is 25.0 Å². The summed E-state index contributed by atoms with van der Waals surface area (Å²) in [5.74, 6) is 1.33. The molecule has 2 nitrogen and oxygen atoms in total. The molecule has 2 unspecified atom stereocenters. The number of hydrogen-bond acceptors (Lipinski definition) is 2. The Balaban J connectivity index is 1.89. The van der Waals surface area contributed by atoms with E-state index in [0.29, 0.717) is 5.78 Å². The van der Waals surface area contributed by atoms with E-state index in [-0.39, 0.29) is 16.1 Å². The van der Waals surface area contributed by atoms with Crippen LogP contribution in [0, 0.1) is 6.92 Å². The molecule has 18 heavy (non-hydrogen) atoms. The molecule has 0 bridgehead atoms. The third-order valence-corrected chi connectivity index (χ3v) is 5.90. The first kappa shape index (κ1) is 11.8. The molecule has 1 aromatic carbocycles. The zero-order valence-corrected chi connectivity index (χ0v) is 11.3. The number of benzene rings is 1. The standard InChI is InChI=1S/C15H17O2S/c1-11-2-4-13-12(10-11)3-5-14(15(13)16)18-8-6-17-7-9-18/h2,4,6,8,10,14H,3,5,7,9H2,1H3/q+1. The summed E-state index contributed by atoms with van der Waals surface area (Å²) in [5, 5.41) is 2.27. The predicted octanol–water partition coefficient (Wildman–Crippen LogP) is 2.61. The fourth-order valence-corrected chi connectivity index (χ4v) is 4.62. The lowest BCUT2D eigenvalue weighted by Gasteiger charge is -2.23. The number of Topliss-reactive ketones (excluding diaryl/α,β-unsaturated/α-hetero) is 1. The Morgan fingerprint density at radius 3 is 3.06 bits per heavy atom. The predicted molar refractivity (Wildman–Crippen MR) is 74.9 cm³/mol. The van der Waals surface area contributed by atoms with Gasteiger partial charge in [-0.15, -0.1) is 0 Å². The summed E-state index contributed by atoms with van der Waals surface area (Å²) in [6, 6.07) is 6.21. The summed E-state index contributed by atoms with van der Waals surface area (Å²) in [4.78, 5) is 12.6. The van der Waals surface area contributed by atoms with Gasteiger partial charge in [-0.2, -0.15) is 0 Å². The number of aryl methyl sites for hydroxylation is 2. The molecule has 0 spiro atoms. The fourth-order valence-electron chi connectivity index (χ4n) is 2.68. The van der Waals surface area contributed by atoms with Crippen LogP contribution < -0.4 is 0 Å². The summed E-state index contributed by atoms with van der Waals surface area (Å²) >= 11 is 0. The number of hydrogen-bond donors (Lipinski definition) is 0. The first-order valence-electron chi connectivity index (χ1n) is 6.36. The van der Waals surface area contributed by atoms with E-state index in [1.165, 1.54) is 11.1 Å². The summed E-state index contributed by atoms with van der Waals surface area (Å²) in [6.07, 6.45) is 3.79. The number of fused-ring (bicyclic) bond motifs is 1. The van der Waals surface area contributed by atoms with Crippen molar-refractivity contribution in [3.8, 4) is 0 Å². The van der Waals surface area contributed by atoms with Gasteiger partial charge in [-0.05, 0) is 18.9 Å². The maximum atomic E-state index is 12.6. The zero-order valence-electron chi connectivity index (χ0n) is 10.5. The van der Waals surface area contributed by atoms with Crippen molar-refractivity contribution in [1.29, 1.82) is 0 Å². The highest BCUT2D eigenvalue weighted by atomic mass is 32.2. The van der Waals surface area contributed by atoms with E-state index >= 15 is 0 Å². The van der Waals surface area contributed by atoms with Gasteiger partial charge in [0.25, 0.3) is 0 Å². The highest BCUT2D eigenvalue weighted by Crippen LogP contribution is 2.29. The van der Waals surface area contributed by atoms with Crippen molar-refractivity contribution in [3.63, 3.8) is 0 Å². The summed E-state index contributed by atoms with van der Waals surface area (Å²) in [5.41, 5.74) is 3.43. The van der Waals surface area contributed by atoms with Crippen LogP contribution in [0.2, 0.25) is 0 Å². The Kier molecular flexibility index (Phi) is 3.16. The Morgan fingerprint density at radius 1 is 1.39 bits per heavy atom. The van der Waals surface area contributed by atoms with Crippen LogP contribution in [0.4, 0.5) is 0 Å². The Hall–Kier alpha value is -1.22. The van der Waals surface area contributed by atoms with Crippen molar-refractivity contribution in [3.05, 3.63) is 46.6 Å². The average Bonchev–Trinajstić information content (AvgIpc) is 2.40. The molecule has 0 saturated heterocycles. The normalized spacial score (nSPS) is 26.6. The van der Waals surface area contributed by atoms with Gasteiger partial charge >= 0.3 is 0 Å². The lowest BCUT2D eigenvalue weighted by molar-refractivity contribution is 0.0978. The molecule has 1 heterocycles. The molecular formula is C15H17O2S+. The lowest BCUT2D eigenvalue weighted by Crippen LogP contribution is -2.37. The van der Waals surface area contributed by atoms with E-state index in [1.807, 2.05) is 12.1 Å². The highest BCUT2D eigenvalue weighted by molar-refractivity contribution is 8.00. The average molecular weight is 261 g/mol. The molecule has 1 aliphatic carbocycles. The van der Waals surface area contributed by atoms with E-state index in [1.54, 1.807) is 6.26 Å². The van der Waals surface area contributed by atoms with Crippen LogP contribution >= 0.6 is 0 Å². The van der Waals surface area contributed by atoms with E-state index in [0.717, 1.165) is 30.8 Å². The largest absolute Gasteiger partial charge is 0.492 e. The van der Waals surface area contributed by atoms with Crippen molar-refractivity contribution < 1.29 is 9.53 Å². The van der Waals surface area contributed by atoms with E-state index in [2.05, 4.69) is 18.4 Å². The van der Waals surface area contributed by atoms with E-state index in [9.17, 15) is 4.79 Å². The molecule has 0 amide bonds. The number of carbonyl (C=O) groups excluding carboxylic acids is 1. The van der Waals surface area contributed by atoms with Crippen LogP contribution in [-0.4, -0.2) is 23.4 Å². The van der Waals surface area contributed by atoms with Gasteiger partial charge in [-0.3, -0.25) is 4.79 Å². The monoisotopic (exact) mass is 261 g/mol. The van der Waals surface area contributed by atoms with Gasteiger partial charge in [0, 0.05) is 22.9 Å². The summed E-state index contributed by atoms with van der Waals surface area (Å²) in [6.45, 7) is 2.84. The zero-order chi connectivity index (χ0) is 12.5. The topological polar surface area (TPSA) is 26.3 Å². The van der Waals surface area contributed by atoms with Crippen LogP contribution in [0.1, 0.15) is 27.9 Å². The van der Waals surface area contributed by atoms with Crippen molar-refractivity contribution in [2.24, 2.45) is 0 Å². The first-order valence-corrected chi connectivity index (χ1v) is 7.88. The van der Waals surface area contributed by atoms with Crippen LogP contribution in [0.25, 0.3) is 0 Å². The molecular weight excluding hydrogens is 244 g/mol. The summed E-state index contributed by atoms with van der Waals surface area (Å²) in [7, 11) is 0.0711. The van der Waals surface area contributed by atoms with Crippen LogP contribution in [0.5, 0.6) is 0 Å². The molecule has 2 aliphatic rings. The van der Waals surface area contributed by atoms with Crippen molar-refractivity contribution >= 4 is 16.7 Å². The molecule has 0 radical (unpaired) electrons. The Labute approximate surface area is 110 Å². The Bertz CT molecular complexity index is 507. The number of rotatable bonds is 1. The van der Waals surface area contributed by atoms with Gasteiger partial charge in [-0.1, -0.05) is 23.8 Å². The van der Waals surface area contributed by atoms with Gasteiger partial charge in [0.1, 0.15) is 18.6 Å². The quantitative estimate of drug-likeness (QED) is 0.726. The van der Waals surface area contributed by atoms with Crippen LogP contribution in [0.15, 0.2) is 29.9 Å². The van der Waals surface area contributed by atoms with Gasteiger partial charge in [0.05, 0.1) is 0 Å². The minimum atomic E-state index is 0.0711. The molecule has 0 aromatic heterocycles. The lowest BCUT2D eigenvalue weighted by atomic mass is 9.89. The van der Waals surface area contributed by atoms with Crippen molar-refractivity contribution in [2.75, 3.05) is 12.4 Å². The summed E-state index contributed by atoms with van der Waals surface area (Å²) < 4.78 is 5.23. The van der Waals surface area contributed by atoms with Gasteiger partial charge in [-0.25, -0.2) is 0 Å². The van der Waals surface area contributed by atoms with Crippen LogP contribution in [-0.2, 0) is 22.1 Å². The minimum Gasteiger partial charge on any atom is -0.492 e. The number of carbonyl (C=O) groups is 1. The minimum absolute atomic E-state index is 0.0711. The molecule has 0 fully saturated rings. The first-order chi connectivity index (χ1) is 8.75. The van der Waals surface area contributed by atoms with Gasteiger partial charge in [0.2, 0.25) is 5.78 Å². The maximum absolute atomic E-state index is 12.6. The molecule has 0 N–H and O–H groups in total. The third kappa shape index (κ3) is 2.07. The second-order valence-corrected chi connectivity index (χ2v) is 7.06. The van der Waals surface area contributed by atoms with Crippen LogP contribution in [0.3, 0.4) is 0 Å². The molecule has 94 valence electrons. The third-order valence-electron chi connectivity index (χ3n) is 3.62. The molecule has 3 rings (SSSR count). The highest BCUT2D eigenvalue weighted by Gasteiger charge is 2.40. The molecule has 0 saturated carbocycles. The molecule has 1 aromatic rings. The smallest absolute Gasteiger partial charge is 0.215 e. The SMILES string of the molecule is Cc1ccc2c(c1)CCC([S+]1C=COCC1)C2=O. The van der Waals surface area contributed by atoms with Crippen molar-refractivity contribution in [1.82, 2.24) is 0 Å². The second-order valence-electron chi connectivity index (χ2n) is 4.87. The number of ether oxygens (including phenoxy) is 1. The molecule has 2 atom stereocenters. The number of ketones is 1. The van der Waals surface area contributed by atoms with E-state index < -0.39 is 0 Å². The molecule has 1 aliphatic heterocycles. The maximum Gasteiger partial charge on any atom is 0.215 e.